The topological polar surface area (TPSA) is 87.2 Å². The summed E-state index contributed by atoms with van der Waals surface area (Å²) in [5, 5.41) is 12.6. The molecule has 0 atom stereocenters. The number of para-hydroxylation sites is 2. The number of pyridine rings is 1. The monoisotopic (exact) mass is 394 g/mol. The molecule has 0 amide bonds. The van der Waals surface area contributed by atoms with Crippen LogP contribution >= 0.6 is 11.8 Å². The van der Waals surface area contributed by atoms with Crippen LogP contribution in [0.2, 0.25) is 0 Å². The van der Waals surface area contributed by atoms with Crippen molar-refractivity contribution in [3.63, 3.8) is 0 Å². The first kappa shape index (κ1) is 18.2. The molecule has 0 N–H and O–H groups in total. The van der Waals surface area contributed by atoms with E-state index >= 15 is 0 Å². The summed E-state index contributed by atoms with van der Waals surface area (Å²) in [7, 11) is 0. The van der Waals surface area contributed by atoms with Crippen molar-refractivity contribution in [3.05, 3.63) is 70.3 Å². The normalized spacial score (nSPS) is 11.1. The minimum Gasteiger partial charge on any atom is -0.492 e. The molecule has 0 saturated heterocycles. The van der Waals surface area contributed by atoms with Gasteiger partial charge >= 0.3 is 0 Å². The van der Waals surface area contributed by atoms with Crippen LogP contribution in [-0.4, -0.2) is 36.2 Å². The maximum absolute atomic E-state index is 12.4. The average Bonchev–Trinajstić information content (AvgIpc) is 3.16. The molecule has 0 bridgehead atoms. The number of tetrazole rings is 1. The summed E-state index contributed by atoms with van der Waals surface area (Å²) in [4.78, 5) is 17.0. The average molecular weight is 394 g/mol. The molecule has 9 heteroatoms. The van der Waals surface area contributed by atoms with Crippen molar-refractivity contribution < 1.29 is 4.74 Å². The van der Waals surface area contributed by atoms with Gasteiger partial charge in [-0.05, 0) is 48.0 Å². The molecule has 0 aliphatic carbocycles. The summed E-state index contributed by atoms with van der Waals surface area (Å²) < 4.78 is 8.85. The first-order valence-corrected chi connectivity index (χ1v) is 9.77. The van der Waals surface area contributed by atoms with Crippen molar-refractivity contribution >= 4 is 17.4 Å². The van der Waals surface area contributed by atoms with Gasteiger partial charge in [0.2, 0.25) is 5.16 Å². The molecule has 0 spiro atoms. The van der Waals surface area contributed by atoms with E-state index in [2.05, 4.69) is 20.5 Å². The van der Waals surface area contributed by atoms with Gasteiger partial charge in [-0.15, -0.1) is 5.10 Å². The van der Waals surface area contributed by atoms with Gasteiger partial charge in [0.05, 0.1) is 12.3 Å². The number of fused-ring (bicyclic) bond motifs is 1. The van der Waals surface area contributed by atoms with Crippen LogP contribution in [0.5, 0.6) is 5.75 Å². The number of benzene rings is 1. The van der Waals surface area contributed by atoms with Gasteiger partial charge in [-0.3, -0.25) is 9.20 Å². The van der Waals surface area contributed by atoms with Gasteiger partial charge in [-0.1, -0.05) is 30.0 Å². The Kier molecular flexibility index (Phi) is 5.07. The molecular weight excluding hydrogens is 376 g/mol. The highest BCUT2D eigenvalue weighted by molar-refractivity contribution is 7.98. The third-order valence-electron chi connectivity index (χ3n) is 4.12. The van der Waals surface area contributed by atoms with Crippen molar-refractivity contribution in [2.45, 2.75) is 24.8 Å². The summed E-state index contributed by atoms with van der Waals surface area (Å²) in [6.07, 6.45) is 1.72. The van der Waals surface area contributed by atoms with Crippen LogP contribution in [0.15, 0.2) is 58.6 Å². The zero-order valence-corrected chi connectivity index (χ0v) is 16.3. The highest BCUT2D eigenvalue weighted by Crippen LogP contribution is 2.27. The predicted octanol–water partition coefficient (Wildman–Crippen LogP) is 2.67. The van der Waals surface area contributed by atoms with Gasteiger partial charge in [0.1, 0.15) is 17.1 Å². The number of hydrogen-bond donors (Lipinski definition) is 0. The number of hydrogen-bond acceptors (Lipinski definition) is 7. The highest BCUT2D eigenvalue weighted by atomic mass is 32.2. The number of aryl methyl sites for hydroxylation is 1. The molecule has 0 radical (unpaired) electrons. The Hall–Kier alpha value is -3.20. The van der Waals surface area contributed by atoms with Crippen LogP contribution < -0.4 is 10.3 Å². The Bertz CT molecular complexity index is 1190. The van der Waals surface area contributed by atoms with Crippen LogP contribution in [0.25, 0.3) is 11.3 Å². The Morgan fingerprint density at radius 3 is 2.89 bits per heavy atom. The van der Waals surface area contributed by atoms with Crippen molar-refractivity contribution in [1.82, 2.24) is 29.6 Å². The van der Waals surface area contributed by atoms with E-state index in [4.69, 9.17) is 4.74 Å². The minimum atomic E-state index is -0.106. The lowest BCUT2D eigenvalue weighted by Gasteiger charge is -2.10. The van der Waals surface area contributed by atoms with E-state index in [-0.39, 0.29) is 5.56 Å². The summed E-state index contributed by atoms with van der Waals surface area (Å²) in [5.41, 5.74) is 2.94. The Labute approximate surface area is 165 Å². The Balaban J connectivity index is 1.63. The summed E-state index contributed by atoms with van der Waals surface area (Å²) in [5.74, 6) is 1.17. The summed E-state index contributed by atoms with van der Waals surface area (Å²) >= 11 is 1.41. The molecule has 142 valence electrons. The fourth-order valence-electron chi connectivity index (χ4n) is 2.85. The molecule has 1 aromatic carbocycles. The lowest BCUT2D eigenvalue weighted by Crippen LogP contribution is -2.15. The summed E-state index contributed by atoms with van der Waals surface area (Å²) in [6, 6.07) is 12.9. The second-order valence-electron chi connectivity index (χ2n) is 6.03. The van der Waals surface area contributed by atoms with E-state index in [1.165, 1.54) is 11.8 Å². The van der Waals surface area contributed by atoms with Crippen LogP contribution in [-0.2, 0) is 5.75 Å². The van der Waals surface area contributed by atoms with E-state index in [0.29, 0.717) is 34.6 Å². The first-order chi connectivity index (χ1) is 13.7. The molecule has 0 unspecified atom stereocenters. The maximum atomic E-state index is 12.4. The quantitative estimate of drug-likeness (QED) is 0.465. The molecule has 4 aromatic rings. The number of aromatic nitrogens is 6. The lowest BCUT2D eigenvalue weighted by molar-refractivity contribution is 0.337. The van der Waals surface area contributed by atoms with Crippen LogP contribution in [0, 0.1) is 6.92 Å². The predicted molar refractivity (Wildman–Crippen MR) is 106 cm³/mol. The van der Waals surface area contributed by atoms with Crippen molar-refractivity contribution in [3.8, 4) is 11.4 Å². The van der Waals surface area contributed by atoms with Crippen LogP contribution in [0.1, 0.15) is 18.2 Å². The highest BCUT2D eigenvalue weighted by Gasteiger charge is 2.14. The number of ether oxygens (including phenoxy) is 1. The van der Waals surface area contributed by atoms with Crippen molar-refractivity contribution in [2.75, 3.05) is 6.61 Å². The summed E-state index contributed by atoms with van der Waals surface area (Å²) in [6.45, 7) is 4.41. The molecule has 3 aromatic heterocycles. The zero-order valence-electron chi connectivity index (χ0n) is 15.4. The second kappa shape index (κ2) is 7.81. The van der Waals surface area contributed by atoms with E-state index in [9.17, 15) is 4.79 Å². The molecule has 3 heterocycles. The van der Waals surface area contributed by atoms with E-state index < -0.39 is 0 Å². The molecule has 4 rings (SSSR count). The molecule has 0 aliphatic rings. The molecule has 8 nitrogen and oxygen atoms in total. The Morgan fingerprint density at radius 1 is 1.18 bits per heavy atom. The second-order valence-corrected chi connectivity index (χ2v) is 6.98. The van der Waals surface area contributed by atoms with E-state index in [1.54, 1.807) is 21.3 Å². The third-order valence-corrected chi connectivity index (χ3v) is 5.08. The van der Waals surface area contributed by atoms with Crippen molar-refractivity contribution in [2.24, 2.45) is 0 Å². The smallest absolute Gasteiger partial charge is 0.258 e. The van der Waals surface area contributed by atoms with E-state index in [1.807, 2.05) is 50.2 Å². The maximum Gasteiger partial charge on any atom is 0.258 e. The van der Waals surface area contributed by atoms with Crippen LogP contribution in [0.3, 0.4) is 0 Å². The van der Waals surface area contributed by atoms with Gasteiger partial charge in [0.15, 0.2) is 0 Å². The van der Waals surface area contributed by atoms with Gasteiger partial charge in [-0.25, -0.2) is 4.98 Å². The standard InChI is InChI=1S/C19H18N6O2S/c1-3-27-16-9-5-4-8-15(16)25-19(21-22-23-25)28-12-14-11-17(26)24-10-6-7-13(2)18(24)20-14/h4-11H,3,12H2,1-2H3. The lowest BCUT2D eigenvalue weighted by atomic mass is 10.3. The van der Waals surface area contributed by atoms with E-state index in [0.717, 1.165) is 11.3 Å². The molecule has 0 fully saturated rings. The zero-order chi connectivity index (χ0) is 19.5. The molecule has 0 aliphatic heterocycles. The number of thioether (sulfide) groups is 1. The van der Waals surface area contributed by atoms with Crippen molar-refractivity contribution in [1.29, 1.82) is 0 Å². The number of rotatable bonds is 6. The first-order valence-electron chi connectivity index (χ1n) is 8.78. The van der Waals surface area contributed by atoms with Gasteiger partial charge in [0, 0.05) is 18.0 Å². The van der Waals surface area contributed by atoms with Crippen LogP contribution in [0.4, 0.5) is 0 Å². The van der Waals surface area contributed by atoms with Gasteiger partial charge in [0.25, 0.3) is 5.56 Å². The fourth-order valence-corrected chi connectivity index (χ4v) is 3.63. The van der Waals surface area contributed by atoms with Gasteiger partial charge in [-0.2, -0.15) is 4.68 Å². The number of nitrogens with zero attached hydrogens (tertiary/aromatic N) is 6. The molecule has 0 saturated carbocycles. The molecule has 28 heavy (non-hydrogen) atoms. The van der Waals surface area contributed by atoms with Gasteiger partial charge < -0.3 is 4.74 Å². The Morgan fingerprint density at radius 2 is 2.04 bits per heavy atom. The molecular formula is C19H18N6O2S. The third kappa shape index (κ3) is 3.48. The fraction of sp³-hybridized carbons (Fsp3) is 0.211. The SMILES string of the molecule is CCOc1ccccc1-n1nnnc1SCc1cc(=O)n2cccc(C)c2n1. The minimum absolute atomic E-state index is 0.106. The largest absolute Gasteiger partial charge is 0.492 e.